The number of hydrogen-bond acceptors (Lipinski definition) is 5. The van der Waals surface area contributed by atoms with Crippen LogP contribution < -0.4 is 14.8 Å². The van der Waals surface area contributed by atoms with Crippen molar-refractivity contribution in [2.45, 2.75) is 18.4 Å². The molecule has 0 saturated heterocycles. The first-order valence-electron chi connectivity index (χ1n) is 9.96. The molecule has 164 valence electrons. The third-order valence-corrected chi connectivity index (χ3v) is 6.02. The van der Waals surface area contributed by atoms with E-state index in [1.165, 1.54) is 20.3 Å². The number of halogens is 1. The Labute approximate surface area is 190 Å². The average molecular weight is 452 g/mol. The molecular formula is C25H22ClNO5. The Morgan fingerprint density at radius 1 is 1.00 bits per heavy atom. The predicted molar refractivity (Wildman–Crippen MR) is 122 cm³/mol. The molecular weight excluding hydrogens is 430 g/mol. The maximum Gasteiger partial charge on any atom is 0.262 e. The van der Waals surface area contributed by atoms with Crippen molar-refractivity contribution in [2.24, 2.45) is 0 Å². The van der Waals surface area contributed by atoms with Crippen LogP contribution in [-0.2, 0) is 10.4 Å². The van der Waals surface area contributed by atoms with E-state index in [4.69, 9.17) is 21.1 Å². The summed E-state index contributed by atoms with van der Waals surface area (Å²) in [4.78, 5) is 27.0. The molecule has 2 atom stereocenters. The van der Waals surface area contributed by atoms with Crippen molar-refractivity contribution >= 4 is 29.0 Å². The van der Waals surface area contributed by atoms with Crippen LogP contribution in [0.1, 0.15) is 33.0 Å². The number of anilines is 1. The van der Waals surface area contributed by atoms with E-state index in [-0.39, 0.29) is 5.56 Å². The number of Topliss-reactive ketones (excluding diaryl/α,β-unsaturated/α-hetero) is 1. The third-order valence-electron chi connectivity index (χ3n) is 5.80. The van der Waals surface area contributed by atoms with Crippen LogP contribution in [0, 0.1) is 6.92 Å². The van der Waals surface area contributed by atoms with Gasteiger partial charge in [0.25, 0.3) is 5.91 Å². The van der Waals surface area contributed by atoms with Crippen LogP contribution >= 0.6 is 11.6 Å². The molecule has 4 rings (SSSR count). The van der Waals surface area contributed by atoms with Gasteiger partial charge in [-0.2, -0.15) is 0 Å². The molecule has 1 aliphatic heterocycles. The van der Waals surface area contributed by atoms with Crippen molar-refractivity contribution in [1.29, 1.82) is 0 Å². The number of fused-ring (bicyclic) bond motifs is 1. The van der Waals surface area contributed by atoms with E-state index in [1.54, 1.807) is 61.5 Å². The largest absolute Gasteiger partial charge is 0.497 e. The molecule has 0 fully saturated rings. The van der Waals surface area contributed by atoms with Gasteiger partial charge in [-0.3, -0.25) is 9.59 Å². The van der Waals surface area contributed by atoms with Crippen LogP contribution in [0.2, 0.25) is 5.02 Å². The Morgan fingerprint density at radius 2 is 1.56 bits per heavy atom. The molecule has 1 aliphatic rings. The highest BCUT2D eigenvalue weighted by molar-refractivity contribution is 6.31. The Hall–Kier alpha value is -3.35. The standard InChI is InChI=1S/C25H22ClNO5/c1-14-12-17(26)13-20-22(14)27-24(29)25(20,30)21(15-4-8-18(31-2)9-5-15)23(28)16-6-10-19(32-3)11-7-16/h4-13,21,30H,1-3H3,(H,27,29)/t21-,25-/m1/s1. The molecule has 7 heteroatoms. The minimum atomic E-state index is -2.16. The molecule has 2 N–H and O–H groups in total. The summed E-state index contributed by atoms with van der Waals surface area (Å²) in [6.07, 6.45) is 0. The number of nitrogens with one attached hydrogen (secondary N) is 1. The fraction of sp³-hybridized carbons (Fsp3) is 0.200. The summed E-state index contributed by atoms with van der Waals surface area (Å²) >= 11 is 6.26. The topological polar surface area (TPSA) is 84.9 Å². The summed E-state index contributed by atoms with van der Waals surface area (Å²) in [7, 11) is 3.07. The number of methoxy groups -OCH3 is 2. The van der Waals surface area contributed by atoms with E-state index in [0.29, 0.717) is 38.9 Å². The highest BCUT2D eigenvalue weighted by atomic mass is 35.5. The summed E-state index contributed by atoms with van der Waals surface area (Å²) in [5.74, 6) is -1.14. The van der Waals surface area contributed by atoms with Crippen LogP contribution in [-0.4, -0.2) is 31.0 Å². The molecule has 1 amide bonds. The molecule has 0 aliphatic carbocycles. The fourth-order valence-corrected chi connectivity index (χ4v) is 4.40. The number of ketones is 1. The number of ether oxygens (including phenoxy) is 2. The Balaban J connectivity index is 1.91. The fourth-order valence-electron chi connectivity index (χ4n) is 4.13. The van der Waals surface area contributed by atoms with Gasteiger partial charge < -0.3 is 19.9 Å². The SMILES string of the molecule is COc1ccc(C(=O)[C@@H](c2ccc(OC)cc2)[C@@]2(O)C(=O)Nc3c(C)cc(Cl)cc32)cc1. The number of carbonyl (C=O) groups excluding carboxylic acids is 2. The quantitative estimate of drug-likeness (QED) is 0.540. The summed E-state index contributed by atoms with van der Waals surface area (Å²) < 4.78 is 10.4. The van der Waals surface area contributed by atoms with E-state index in [1.807, 2.05) is 0 Å². The van der Waals surface area contributed by atoms with E-state index in [2.05, 4.69) is 5.32 Å². The van der Waals surface area contributed by atoms with Crippen molar-refractivity contribution in [3.05, 3.63) is 87.9 Å². The molecule has 0 aromatic heterocycles. The Kier molecular flexibility index (Phi) is 5.67. The van der Waals surface area contributed by atoms with Crippen molar-refractivity contribution in [3.8, 4) is 11.5 Å². The maximum absolute atomic E-state index is 13.8. The second kappa shape index (κ2) is 8.30. The highest BCUT2D eigenvalue weighted by Crippen LogP contribution is 2.49. The van der Waals surface area contributed by atoms with E-state index < -0.39 is 23.2 Å². The van der Waals surface area contributed by atoms with Crippen LogP contribution in [0.5, 0.6) is 11.5 Å². The normalized spacial score (nSPS) is 18.0. The van der Waals surface area contributed by atoms with Gasteiger partial charge in [-0.15, -0.1) is 0 Å². The van der Waals surface area contributed by atoms with Crippen molar-refractivity contribution in [2.75, 3.05) is 19.5 Å². The van der Waals surface area contributed by atoms with Gasteiger partial charge in [0.05, 0.1) is 25.8 Å². The zero-order valence-corrected chi connectivity index (χ0v) is 18.6. The molecule has 3 aromatic carbocycles. The number of amides is 1. The number of hydrogen-bond donors (Lipinski definition) is 2. The number of aliphatic hydroxyl groups is 1. The molecule has 0 radical (unpaired) electrons. The molecule has 6 nitrogen and oxygen atoms in total. The number of benzene rings is 3. The van der Waals surface area contributed by atoms with Gasteiger partial charge in [-0.25, -0.2) is 0 Å². The molecule has 0 unspecified atom stereocenters. The summed E-state index contributed by atoms with van der Waals surface area (Å²) in [5.41, 5.74) is 0.0754. The molecule has 0 bridgehead atoms. The molecule has 32 heavy (non-hydrogen) atoms. The predicted octanol–water partition coefficient (Wildman–Crippen LogP) is 4.47. The second-order valence-electron chi connectivity index (χ2n) is 7.66. The monoisotopic (exact) mass is 451 g/mol. The zero-order valence-electron chi connectivity index (χ0n) is 17.8. The number of carbonyl (C=O) groups is 2. The van der Waals surface area contributed by atoms with Gasteiger partial charge in [-0.05, 0) is 66.6 Å². The number of rotatable bonds is 6. The van der Waals surface area contributed by atoms with Crippen LogP contribution in [0.25, 0.3) is 0 Å². The lowest BCUT2D eigenvalue weighted by Gasteiger charge is -2.31. The summed E-state index contributed by atoms with van der Waals surface area (Å²) in [6, 6.07) is 16.5. The minimum absolute atomic E-state index is 0.273. The van der Waals surface area contributed by atoms with Crippen molar-refractivity contribution < 1.29 is 24.2 Å². The van der Waals surface area contributed by atoms with E-state index in [9.17, 15) is 14.7 Å². The van der Waals surface area contributed by atoms with Gasteiger partial charge in [-0.1, -0.05) is 23.7 Å². The first kappa shape index (κ1) is 21.9. The smallest absolute Gasteiger partial charge is 0.262 e. The first-order valence-corrected chi connectivity index (χ1v) is 10.3. The van der Waals surface area contributed by atoms with Gasteiger partial charge in [0, 0.05) is 16.1 Å². The van der Waals surface area contributed by atoms with Crippen LogP contribution in [0.3, 0.4) is 0 Å². The molecule has 0 saturated carbocycles. The van der Waals surface area contributed by atoms with Gasteiger partial charge in [0.2, 0.25) is 0 Å². The average Bonchev–Trinajstić information content (AvgIpc) is 3.05. The van der Waals surface area contributed by atoms with Crippen LogP contribution in [0.4, 0.5) is 5.69 Å². The lowest BCUT2D eigenvalue weighted by atomic mass is 9.74. The van der Waals surface area contributed by atoms with Crippen LogP contribution in [0.15, 0.2) is 60.7 Å². The van der Waals surface area contributed by atoms with Gasteiger partial charge in [0.15, 0.2) is 11.4 Å². The molecule has 1 heterocycles. The maximum atomic E-state index is 13.8. The lowest BCUT2D eigenvalue weighted by Crippen LogP contribution is -2.44. The number of aryl methyl sites for hydroxylation is 1. The Bertz CT molecular complexity index is 1190. The van der Waals surface area contributed by atoms with E-state index in [0.717, 1.165) is 0 Å². The minimum Gasteiger partial charge on any atom is -0.497 e. The summed E-state index contributed by atoms with van der Waals surface area (Å²) in [6.45, 7) is 1.78. The van der Waals surface area contributed by atoms with Gasteiger partial charge in [0.1, 0.15) is 11.5 Å². The molecule has 0 spiro atoms. The highest BCUT2D eigenvalue weighted by Gasteiger charge is 2.55. The lowest BCUT2D eigenvalue weighted by molar-refractivity contribution is -0.135. The first-order chi connectivity index (χ1) is 15.3. The Morgan fingerprint density at radius 3 is 2.12 bits per heavy atom. The van der Waals surface area contributed by atoms with E-state index >= 15 is 0 Å². The molecule has 3 aromatic rings. The second-order valence-corrected chi connectivity index (χ2v) is 8.10. The third kappa shape index (κ3) is 3.51. The zero-order chi connectivity index (χ0) is 23.0. The van der Waals surface area contributed by atoms with Gasteiger partial charge >= 0.3 is 0 Å². The van der Waals surface area contributed by atoms with Crippen molar-refractivity contribution in [3.63, 3.8) is 0 Å². The summed E-state index contributed by atoms with van der Waals surface area (Å²) in [5, 5.41) is 15.0. The van der Waals surface area contributed by atoms with Crippen molar-refractivity contribution in [1.82, 2.24) is 0 Å².